The number of hydrogen-bond acceptors (Lipinski definition) is 3. The van der Waals surface area contributed by atoms with Crippen LogP contribution in [0.4, 0.5) is 5.69 Å². The molecule has 2 aromatic rings. The lowest BCUT2D eigenvalue weighted by Gasteiger charge is -2.07. The lowest BCUT2D eigenvalue weighted by Crippen LogP contribution is -2.14. The molecule has 2 N–H and O–H groups in total. The van der Waals surface area contributed by atoms with Crippen molar-refractivity contribution in [1.29, 1.82) is 0 Å². The zero-order valence-electron chi connectivity index (χ0n) is 11.8. The number of benzene rings is 1. The summed E-state index contributed by atoms with van der Waals surface area (Å²) in [6, 6.07) is 9.06. The van der Waals surface area contributed by atoms with E-state index in [1.54, 1.807) is 30.6 Å². The van der Waals surface area contributed by atoms with Gasteiger partial charge in [0.1, 0.15) is 0 Å². The van der Waals surface area contributed by atoms with Gasteiger partial charge >= 0.3 is 0 Å². The van der Waals surface area contributed by atoms with E-state index >= 15 is 0 Å². The molecule has 4 heteroatoms. The summed E-state index contributed by atoms with van der Waals surface area (Å²) in [5.41, 5.74) is 2.79. The summed E-state index contributed by atoms with van der Waals surface area (Å²) in [7, 11) is 0. The Hall–Kier alpha value is -2.64. The maximum absolute atomic E-state index is 12.4. The summed E-state index contributed by atoms with van der Waals surface area (Å²) in [5, 5.41) is 11.6. The molecule has 21 heavy (non-hydrogen) atoms. The highest BCUT2D eigenvalue weighted by atomic mass is 16.2. The molecule has 1 aromatic heterocycles. The van der Waals surface area contributed by atoms with Crippen molar-refractivity contribution < 1.29 is 9.90 Å². The molecule has 0 atom stereocenters. The van der Waals surface area contributed by atoms with Gasteiger partial charge in [-0.15, -0.1) is 0 Å². The van der Waals surface area contributed by atoms with Crippen LogP contribution in [0.15, 0.2) is 42.7 Å². The monoisotopic (exact) mass is 280 g/mol. The third kappa shape index (κ3) is 4.16. The van der Waals surface area contributed by atoms with Crippen molar-refractivity contribution in [3.05, 3.63) is 59.4 Å². The first-order valence-electron chi connectivity index (χ1n) is 6.62. The van der Waals surface area contributed by atoms with Crippen LogP contribution in [0.2, 0.25) is 0 Å². The Morgan fingerprint density at radius 3 is 2.95 bits per heavy atom. The van der Waals surface area contributed by atoms with E-state index in [-0.39, 0.29) is 12.5 Å². The quantitative estimate of drug-likeness (QED) is 0.849. The number of hydrogen-bond donors (Lipinski definition) is 2. The first-order valence-corrected chi connectivity index (χ1v) is 6.62. The summed E-state index contributed by atoms with van der Waals surface area (Å²) in [6.07, 6.45) is 3.62. The van der Waals surface area contributed by atoms with Crippen molar-refractivity contribution in [3.63, 3.8) is 0 Å². The van der Waals surface area contributed by atoms with Crippen LogP contribution in [-0.4, -0.2) is 22.6 Å². The average molecular weight is 280 g/mol. The Kier molecular flexibility index (Phi) is 5.08. The number of pyridine rings is 1. The average Bonchev–Trinajstić information content (AvgIpc) is 2.50. The Morgan fingerprint density at radius 2 is 2.24 bits per heavy atom. The molecule has 0 unspecified atom stereocenters. The standard InChI is InChI=1S/C17H16N2O2/c1-13-7-8-14(5-2-3-10-20)16(11-13)17(21)19-15-6-4-9-18-12-15/h4,6-9,11-12,20H,3,10H2,1H3,(H,19,21). The van der Waals surface area contributed by atoms with Gasteiger partial charge in [-0.1, -0.05) is 23.5 Å². The lowest BCUT2D eigenvalue weighted by molar-refractivity contribution is 0.102. The van der Waals surface area contributed by atoms with Gasteiger partial charge in [-0.25, -0.2) is 0 Å². The number of anilines is 1. The van der Waals surface area contributed by atoms with Crippen LogP contribution < -0.4 is 5.32 Å². The third-order valence-corrected chi connectivity index (χ3v) is 2.80. The van der Waals surface area contributed by atoms with E-state index in [0.29, 0.717) is 23.2 Å². The first kappa shape index (κ1) is 14.8. The second-order valence-electron chi connectivity index (χ2n) is 4.52. The number of carbonyl (C=O) groups excluding carboxylic acids is 1. The Balaban J connectivity index is 2.27. The van der Waals surface area contributed by atoms with Crippen LogP contribution in [0.3, 0.4) is 0 Å². The number of carbonyl (C=O) groups is 1. The van der Waals surface area contributed by atoms with Crippen molar-refractivity contribution in [2.75, 3.05) is 11.9 Å². The van der Waals surface area contributed by atoms with Gasteiger partial charge in [0.15, 0.2) is 0 Å². The van der Waals surface area contributed by atoms with Gasteiger partial charge in [-0.3, -0.25) is 9.78 Å². The van der Waals surface area contributed by atoms with Crippen molar-refractivity contribution in [2.45, 2.75) is 13.3 Å². The molecule has 0 bridgehead atoms. The summed E-state index contributed by atoms with van der Waals surface area (Å²) < 4.78 is 0. The molecule has 0 fully saturated rings. The second-order valence-corrected chi connectivity index (χ2v) is 4.52. The highest BCUT2D eigenvalue weighted by molar-refractivity contribution is 6.06. The summed E-state index contributed by atoms with van der Waals surface area (Å²) in [5.74, 6) is 5.54. The highest BCUT2D eigenvalue weighted by Gasteiger charge is 2.11. The van der Waals surface area contributed by atoms with Crippen LogP contribution >= 0.6 is 0 Å². The number of nitrogens with zero attached hydrogens (tertiary/aromatic N) is 1. The zero-order valence-corrected chi connectivity index (χ0v) is 11.8. The van der Waals surface area contributed by atoms with Gasteiger partial charge in [-0.2, -0.15) is 0 Å². The van der Waals surface area contributed by atoms with E-state index in [0.717, 1.165) is 5.56 Å². The fraction of sp³-hybridized carbons (Fsp3) is 0.176. The molecule has 0 spiro atoms. The molecular formula is C17H16N2O2. The molecule has 2 rings (SSSR count). The number of nitrogens with one attached hydrogen (secondary N) is 1. The molecule has 0 radical (unpaired) electrons. The molecule has 106 valence electrons. The van der Waals surface area contributed by atoms with E-state index in [4.69, 9.17) is 5.11 Å². The molecule has 0 aliphatic rings. The molecular weight excluding hydrogens is 264 g/mol. The number of amides is 1. The minimum Gasteiger partial charge on any atom is -0.395 e. The number of aliphatic hydroxyl groups excluding tert-OH is 1. The summed E-state index contributed by atoms with van der Waals surface area (Å²) in [4.78, 5) is 16.3. The van der Waals surface area contributed by atoms with Crippen molar-refractivity contribution >= 4 is 11.6 Å². The van der Waals surface area contributed by atoms with E-state index in [2.05, 4.69) is 22.1 Å². The largest absolute Gasteiger partial charge is 0.395 e. The third-order valence-electron chi connectivity index (χ3n) is 2.80. The molecule has 4 nitrogen and oxygen atoms in total. The van der Waals surface area contributed by atoms with Crippen molar-refractivity contribution in [1.82, 2.24) is 4.98 Å². The minimum absolute atomic E-state index is 0.01000. The van der Waals surface area contributed by atoms with Gasteiger partial charge in [0, 0.05) is 18.2 Å². The highest BCUT2D eigenvalue weighted by Crippen LogP contribution is 2.14. The van der Waals surface area contributed by atoms with Crippen molar-refractivity contribution in [3.8, 4) is 11.8 Å². The summed E-state index contributed by atoms with van der Waals surface area (Å²) >= 11 is 0. The van der Waals surface area contributed by atoms with Gasteiger partial charge in [0.25, 0.3) is 5.91 Å². The van der Waals surface area contributed by atoms with E-state index in [9.17, 15) is 4.79 Å². The smallest absolute Gasteiger partial charge is 0.256 e. The summed E-state index contributed by atoms with van der Waals surface area (Å²) in [6.45, 7) is 1.93. The first-order chi connectivity index (χ1) is 10.2. The zero-order chi connectivity index (χ0) is 15.1. The van der Waals surface area contributed by atoms with Gasteiger partial charge < -0.3 is 10.4 Å². The minimum atomic E-state index is -0.222. The predicted molar refractivity (Wildman–Crippen MR) is 82.0 cm³/mol. The van der Waals surface area contributed by atoms with Gasteiger partial charge in [-0.05, 0) is 31.2 Å². The van der Waals surface area contributed by atoms with Crippen LogP contribution in [0.1, 0.15) is 27.9 Å². The van der Waals surface area contributed by atoms with Crippen LogP contribution in [0, 0.1) is 18.8 Å². The van der Waals surface area contributed by atoms with E-state index in [1.807, 2.05) is 19.1 Å². The Bertz CT molecular complexity index is 685. The predicted octanol–water partition coefficient (Wildman–Crippen LogP) is 2.38. The molecule has 1 amide bonds. The number of aliphatic hydroxyl groups is 1. The number of rotatable bonds is 3. The molecule has 1 aromatic carbocycles. The van der Waals surface area contributed by atoms with Crippen LogP contribution in [-0.2, 0) is 0 Å². The Morgan fingerprint density at radius 1 is 1.38 bits per heavy atom. The SMILES string of the molecule is Cc1ccc(C#CCCO)c(C(=O)Nc2cccnc2)c1. The number of aryl methyl sites for hydroxylation is 1. The fourth-order valence-electron chi connectivity index (χ4n) is 1.80. The Labute approximate surface area is 123 Å². The maximum atomic E-state index is 12.4. The topological polar surface area (TPSA) is 62.2 Å². The van der Waals surface area contributed by atoms with Gasteiger partial charge in [0.2, 0.25) is 0 Å². The van der Waals surface area contributed by atoms with Crippen molar-refractivity contribution in [2.24, 2.45) is 0 Å². The van der Waals surface area contributed by atoms with E-state index in [1.165, 1.54) is 0 Å². The molecule has 0 aliphatic carbocycles. The number of aromatic nitrogens is 1. The molecule has 0 aliphatic heterocycles. The fourth-order valence-corrected chi connectivity index (χ4v) is 1.80. The molecule has 0 saturated heterocycles. The van der Waals surface area contributed by atoms with Crippen LogP contribution in [0.25, 0.3) is 0 Å². The van der Waals surface area contributed by atoms with Crippen LogP contribution in [0.5, 0.6) is 0 Å². The van der Waals surface area contributed by atoms with E-state index < -0.39 is 0 Å². The normalized spacial score (nSPS) is 9.62. The lowest BCUT2D eigenvalue weighted by atomic mass is 10.0. The molecule has 0 saturated carbocycles. The molecule has 1 heterocycles. The maximum Gasteiger partial charge on any atom is 0.256 e. The van der Waals surface area contributed by atoms with Gasteiger partial charge in [0.05, 0.1) is 24.1 Å². The second kappa shape index (κ2) is 7.22.